The van der Waals surface area contributed by atoms with Crippen LogP contribution in [0, 0.1) is 0 Å². The summed E-state index contributed by atoms with van der Waals surface area (Å²) in [5.41, 5.74) is 3.31. The number of rotatable bonds is 6. The van der Waals surface area contributed by atoms with Gasteiger partial charge < -0.3 is 5.32 Å². The van der Waals surface area contributed by atoms with E-state index in [1.54, 1.807) is 6.07 Å². The van der Waals surface area contributed by atoms with Crippen LogP contribution in [-0.4, -0.2) is 32.2 Å². The molecule has 1 N–H and O–H groups in total. The minimum absolute atomic E-state index is 0.0161. The van der Waals surface area contributed by atoms with Crippen molar-refractivity contribution in [3.05, 3.63) is 65.5 Å². The van der Waals surface area contributed by atoms with Gasteiger partial charge in [-0.25, -0.2) is 9.67 Å². The normalized spacial score (nSPS) is 16.2. The second-order valence-electron chi connectivity index (χ2n) is 8.14. The molecule has 2 heterocycles. The first-order valence-corrected chi connectivity index (χ1v) is 11.8. The van der Waals surface area contributed by atoms with Crippen molar-refractivity contribution in [2.75, 3.05) is 11.1 Å². The van der Waals surface area contributed by atoms with Crippen LogP contribution in [0.2, 0.25) is 0 Å². The minimum Gasteiger partial charge on any atom is -0.326 e. The first kappa shape index (κ1) is 20.0. The van der Waals surface area contributed by atoms with Crippen molar-refractivity contribution >= 4 is 29.1 Å². The molecule has 2 aliphatic rings. The van der Waals surface area contributed by atoms with E-state index in [2.05, 4.69) is 5.32 Å². The molecule has 0 spiro atoms. The number of hydrogen-bond acceptors (Lipinski definition) is 5. The largest absolute Gasteiger partial charge is 0.326 e. The Morgan fingerprint density at radius 3 is 2.71 bits per heavy atom. The SMILES string of the molecule is O=C1Cc2cc(C(=O)CSc3nc(C4CCCCC4)n(-c4ccccc4)n3)ccc2N1. The molecule has 3 aromatic rings. The van der Waals surface area contributed by atoms with Gasteiger partial charge in [0.05, 0.1) is 17.9 Å². The van der Waals surface area contributed by atoms with Crippen LogP contribution in [0.1, 0.15) is 59.8 Å². The maximum absolute atomic E-state index is 12.8. The van der Waals surface area contributed by atoms with Crippen molar-refractivity contribution in [3.63, 3.8) is 0 Å². The van der Waals surface area contributed by atoms with E-state index >= 15 is 0 Å². The maximum atomic E-state index is 12.8. The van der Waals surface area contributed by atoms with Gasteiger partial charge in [0.25, 0.3) is 0 Å². The molecule has 0 saturated heterocycles. The van der Waals surface area contributed by atoms with Crippen LogP contribution in [-0.2, 0) is 11.2 Å². The Balaban J connectivity index is 1.34. The molecule has 0 unspecified atom stereocenters. The van der Waals surface area contributed by atoms with E-state index in [4.69, 9.17) is 10.1 Å². The molecule has 0 atom stereocenters. The monoisotopic (exact) mass is 432 g/mol. The number of amides is 1. The fourth-order valence-corrected chi connectivity index (χ4v) is 5.09. The van der Waals surface area contributed by atoms with Crippen LogP contribution < -0.4 is 5.32 Å². The predicted octanol–water partition coefficient (Wildman–Crippen LogP) is 4.78. The summed E-state index contributed by atoms with van der Waals surface area (Å²) >= 11 is 1.38. The zero-order chi connectivity index (χ0) is 21.2. The van der Waals surface area contributed by atoms with Crippen LogP contribution in [0.4, 0.5) is 5.69 Å². The first-order valence-electron chi connectivity index (χ1n) is 10.8. The topological polar surface area (TPSA) is 76.9 Å². The number of nitrogens with zero attached hydrogens (tertiary/aromatic N) is 3. The molecule has 2 aromatic carbocycles. The molecule has 1 amide bonds. The van der Waals surface area contributed by atoms with Crippen LogP contribution in [0.15, 0.2) is 53.7 Å². The number of Topliss-reactive ketones (excluding diaryl/α,β-unsaturated/α-hetero) is 1. The highest BCUT2D eigenvalue weighted by Crippen LogP contribution is 2.34. The van der Waals surface area contributed by atoms with Crippen molar-refractivity contribution < 1.29 is 9.59 Å². The van der Waals surface area contributed by atoms with Gasteiger partial charge >= 0.3 is 0 Å². The van der Waals surface area contributed by atoms with Gasteiger partial charge in [-0.15, -0.1) is 5.10 Å². The number of fused-ring (bicyclic) bond motifs is 1. The molecule has 1 fully saturated rings. The van der Waals surface area contributed by atoms with E-state index in [-0.39, 0.29) is 17.4 Å². The summed E-state index contributed by atoms with van der Waals surface area (Å²) in [5.74, 6) is 1.67. The third kappa shape index (κ3) is 4.28. The lowest BCUT2D eigenvalue weighted by Gasteiger charge is -2.21. The van der Waals surface area contributed by atoms with Gasteiger partial charge in [-0.3, -0.25) is 9.59 Å². The number of ketones is 1. The standard InChI is InChI=1S/C24H24N4O2S/c29-21(17-11-12-20-18(13-17)14-22(30)25-20)15-31-24-26-23(16-7-3-1-4-8-16)28(27-24)19-9-5-2-6-10-19/h2,5-6,9-13,16H,1,3-4,7-8,14-15H2,(H,25,30). The summed E-state index contributed by atoms with van der Waals surface area (Å²) in [5, 5.41) is 8.18. The van der Waals surface area contributed by atoms with E-state index in [0.29, 0.717) is 23.1 Å². The Bertz CT molecular complexity index is 1120. The van der Waals surface area contributed by atoms with Crippen molar-refractivity contribution in [2.24, 2.45) is 0 Å². The summed E-state index contributed by atoms with van der Waals surface area (Å²) in [7, 11) is 0. The maximum Gasteiger partial charge on any atom is 0.228 e. The Morgan fingerprint density at radius 1 is 1.10 bits per heavy atom. The Labute approximate surface area is 185 Å². The Kier molecular flexibility index (Phi) is 5.59. The fraction of sp³-hybridized carbons (Fsp3) is 0.333. The molecule has 1 aliphatic heterocycles. The molecule has 0 bridgehead atoms. The van der Waals surface area contributed by atoms with Crippen molar-refractivity contribution in [2.45, 2.75) is 49.6 Å². The van der Waals surface area contributed by atoms with Gasteiger partial charge in [0, 0.05) is 17.2 Å². The number of nitrogens with one attached hydrogen (secondary N) is 1. The summed E-state index contributed by atoms with van der Waals surface area (Å²) in [6.07, 6.45) is 6.34. The lowest BCUT2D eigenvalue weighted by molar-refractivity contribution is -0.115. The first-order chi connectivity index (χ1) is 15.2. The Morgan fingerprint density at radius 2 is 1.90 bits per heavy atom. The number of thioether (sulfide) groups is 1. The molecule has 0 radical (unpaired) electrons. The van der Waals surface area contributed by atoms with E-state index in [1.807, 2.05) is 47.1 Å². The highest BCUT2D eigenvalue weighted by atomic mass is 32.2. The predicted molar refractivity (Wildman–Crippen MR) is 121 cm³/mol. The summed E-state index contributed by atoms with van der Waals surface area (Å²) in [6.45, 7) is 0. The van der Waals surface area contributed by atoms with Crippen molar-refractivity contribution in [1.82, 2.24) is 14.8 Å². The average Bonchev–Trinajstić information content (AvgIpc) is 3.41. The van der Waals surface area contributed by atoms with E-state index < -0.39 is 0 Å². The number of carbonyl (C=O) groups excluding carboxylic acids is 2. The second-order valence-corrected chi connectivity index (χ2v) is 9.09. The summed E-state index contributed by atoms with van der Waals surface area (Å²) in [4.78, 5) is 29.2. The van der Waals surface area contributed by atoms with Gasteiger partial charge in [0.15, 0.2) is 5.78 Å². The Hall–Kier alpha value is -2.93. The number of anilines is 1. The van der Waals surface area contributed by atoms with E-state index in [1.165, 1.54) is 31.0 Å². The number of carbonyl (C=O) groups is 2. The van der Waals surface area contributed by atoms with Gasteiger partial charge in [0.2, 0.25) is 11.1 Å². The quantitative estimate of drug-likeness (QED) is 0.448. The van der Waals surface area contributed by atoms with Crippen LogP contribution in [0.3, 0.4) is 0 Å². The highest BCUT2D eigenvalue weighted by molar-refractivity contribution is 7.99. The highest BCUT2D eigenvalue weighted by Gasteiger charge is 2.24. The van der Waals surface area contributed by atoms with Crippen molar-refractivity contribution in [3.8, 4) is 5.69 Å². The molecule has 158 valence electrons. The van der Waals surface area contributed by atoms with Gasteiger partial charge in [-0.1, -0.05) is 49.2 Å². The zero-order valence-electron chi connectivity index (χ0n) is 17.2. The minimum atomic E-state index is -0.0279. The van der Waals surface area contributed by atoms with Crippen LogP contribution in [0.25, 0.3) is 5.69 Å². The molecule has 1 aromatic heterocycles. The zero-order valence-corrected chi connectivity index (χ0v) is 18.0. The molecular formula is C24H24N4O2S. The lowest BCUT2D eigenvalue weighted by Crippen LogP contribution is -2.12. The second kappa shape index (κ2) is 8.67. The van der Waals surface area contributed by atoms with Gasteiger partial charge in [-0.2, -0.15) is 0 Å². The smallest absolute Gasteiger partial charge is 0.228 e. The number of aromatic nitrogens is 3. The van der Waals surface area contributed by atoms with Crippen LogP contribution in [0.5, 0.6) is 0 Å². The van der Waals surface area contributed by atoms with E-state index in [0.717, 1.165) is 35.6 Å². The van der Waals surface area contributed by atoms with E-state index in [9.17, 15) is 9.59 Å². The van der Waals surface area contributed by atoms with Gasteiger partial charge in [-0.05, 0) is 48.7 Å². The summed E-state index contributed by atoms with van der Waals surface area (Å²) in [6, 6.07) is 15.5. The molecule has 31 heavy (non-hydrogen) atoms. The van der Waals surface area contributed by atoms with Crippen molar-refractivity contribution in [1.29, 1.82) is 0 Å². The third-order valence-corrected chi connectivity index (χ3v) is 6.81. The molecule has 1 saturated carbocycles. The summed E-state index contributed by atoms with van der Waals surface area (Å²) < 4.78 is 1.95. The molecular weight excluding hydrogens is 408 g/mol. The molecule has 6 nitrogen and oxygen atoms in total. The number of para-hydroxylation sites is 1. The third-order valence-electron chi connectivity index (χ3n) is 5.97. The van der Waals surface area contributed by atoms with Crippen LogP contribution >= 0.6 is 11.8 Å². The molecule has 5 rings (SSSR count). The molecule has 1 aliphatic carbocycles. The molecule has 7 heteroatoms. The average molecular weight is 433 g/mol. The number of benzene rings is 2. The fourth-order valence-electron chi connectivity index (χ4n) is 4.37. The number of hydrogen-bond donors (Lipinski definition) is 1. The lowest BCUT2D eigenvalue weighted by atomic mass is 9.88. The van der Waals surface area contributed by atoms with Gasteiger partial charge in [0.1, 0.15) is 5.82 Å².